The number of hydrogen-bond donors (Lipinski definition) is 3. The number of carbonyl (C=O) groups excluding carboxylic acids is 2. The first-order valence-corrected chi connectivity index (χ1v) is 8.80. The number of benzene rings is 3. The largest absolute Gasteiger partial charge is 0.497 e. The van der Waals surface area contributed by atoms with Crippen molar-refractivity contribution in [2.24, 2.45) is 0 Å². The summed E-state index contributed by atoms with van der Waals surface area (Å²) < 4.78 is 10.2. The Kier molecular flexibility index (Phi) is 5.99. The van der Waals surface area contributed by atoms with Crippen LogP contribution in [0.25, 0.3) is 0 Å². The lowest BCUT2D eigenvalue weighted by atomic mass is 10.1. The quantitative estimate of drug-likeness (QED) is 0.555. The van der Waals surface area contributed by atoms with Crippen LogP contribution in [0.15, 0.2) is 66.7 Å². The average Bonchev–Trinajstić information content (AvgIpc) is 2.75. The highest BCUT2D eigenvalue weighted by Crippen LogP contribution is 2.24. The van der Waals surface area contributed by atoms with E-state index in [9.17, 15) is 9.59 Å². The highest BCUT2D eigenvalue weighted by Gasteiger charge is 2.11. The van der Waals surface area contributed by atoms with Crippen LogP contribution in [0.4, 0.5) is 17.1 Å². The number of amides is 2. The fourth-order valence-electron chi connectivity index (χ4n) is 2.64. The number of rotatable bonds is 6. The van der Waals surface area contributed by atoms with Gasteiger partial charge in [0, 0.05) is 16.8 Å². The Bertz CT molecular complexity index is 1020. The van der Waals surface area contributed by atoms with E-state index in [0.29, 0.717) is 39.7 Å². The number of anilines is 3. The first-order chi connectivity index (χ1) is 14.0. The molecule has 3 aromatic carbocycles. The van der Waals surface area contributed by atoms with E-state index in [2.05, 4.69) is 10.6 Å². The van der Waals surface area contributed by atoms with Crippen LogP contribution in [-0.4, -0.2) is 26.0 Å². The Morgan fingerprint density at radius 3 is 1.66 bits per heavy atom. The minimum absolute atomic E-state index is 0.276. The Hall–Kier alpha value is -4.00. The first-order valence-electron chi connectivity index (χ1n) is 8.80. The predicted molar refractivity (Wildman–Crippen MR) is 113 cm³/mol. The average molecular weight is 391 g/mol. The molecule has 0 saturated heterocycles. The molecule has 0 bridgehead atoms. The molecule has 2 amide bonds. The summed E-state index contributed by atoms with van der Waals surface area (Å²) in [5.74, 6) is 0.761. The summed E-state index contributed by atoms with van der Waals surface area (Å²) in [5, 5.41) is 5.53. The minimum atomic E-state index is -0.297. The normalized spacial score (nSPS) is 10.1. The van der Waals surface area contributed by atoms with E-state index in [1.807, 2.05) is 0 Å². The molecule has 0 spiro atoms. The van der Waals surface area contributed by atoms with Gasteiger partial charge in [0.25, 0.3) is 11.8 Å². The topological polar surface area (TPSA) is 103 Å². The standard InChI is InChI=1S/C22H21N3O4/c1-28-17-8-3-14(4-9-17)21(26)24-16-7-12-20(19(23)13-16)25-22(27)15-5-10-18(29-2)11-6-15/h3-13H,23H2,1-2H3,(H,24,26)(H,25,27). The molecular weight excluding hydrogens is 370 g/mol. The highest BCUT2D eigenvalue weighted by molar-refractivity contribution is 6.07. The molecule has 0 aliphatic rings. The van der Waals surface area contributed by atoms with E-state index in [-0.39, 0.29) is 11.8 Å². The van der Waals surface area contributed by atoms with Gasteiger partial charge in [0.15, 0.2) is 0 Å². The molecule has 148 valence electrons. The predicted octanol–water partition coefficient (Wildman–Crippen LogP) is 3.79. The maximum absolute atomic E-state index is 12.4. The molecule has 3 aromatic rings. The molecule has 29 heavy (non-hydrogen) atoms. The molecule has 0 aliphatic carbocycles. The summed E-state index contributed by atoms with van der Waals surface area (Å²) in [6.45, 7) is 0. The third-order valence-corrected chi connectivity index (χ3v) is 4.26. The number of nitrogen functional groups attached to an aromatic ring is 1. The van der Waals surface area contributed by atoms with E-state index >= 15 is 0 Å². The molecule has 0 heterocycles. The SMILES string of the molecule is COc1ccc(C(=O)Nc2ccc(NC(=O)c3ccc(OC)cc3)c(N)c2)cc1. The van der Waals surface area contributed by atoms with Crippen LogP contribution in [0.3, 0.4) is 0 Å². The lowest BCUT2D eigenvalue weighted by Gasteiger charge is -2.11. The van der Waals surface area contributed by atoms with Crippen molar-refractivity contribution in [1.29, 1.82) is 0 Å². The Labute approximate surface area is 168 Å². The summed E-state index contributed by atoms with van der Waals surface area (Å²) >= 11 is 0. The number of hydrogen-bond acceptors (Lipinski definition) is 5. The smallest absolute Gasteiger partial charge is 0.255 e. The second-order valence-corrected chi connectivity index (χ2v) is 6.17. The van der Waals surface area contributed by atoms with Crippen molar-refractivity contribution in [2.45, 2.75) is 0 Å². The van der Waals surface area contributed by atoms with Crippen LogP contribution >= 0.6 is 0 Å². The molecule has 0 aromatic heterocycles. The van der Waals surface area contributed by atoms with Crippen LogP contribution < -0.4 is 25.8 Å². The zero-order chi connectivity index (χ0) is 20.8. The maximum atomic E-state index is 12.4. The monoisotopic (exact) mass is 391 g/mol. The van der Waals surface area contributed by atoms with Crippen molar-refractivity contribution >= 4 is 28.9 Å². The van der Waals surface area contributed by atoms with Crippen LogP contribution in [0.1, 0.15) is 20.7 Å². The van der Waals surface area contributed by atoms with Crippen molar-refractivity contribution in [3.8, 4) is 11.5 Å². The van der Waals surface area contributed by atoms with E-state index in [0.717, 1.165) is 0 Å². The maximum Gasteiger partial charge on any atom is 0.255 e. The number of nitrogens with one attached hydrogen (secondary N) is 2. The van der Waals surface area contributed by atoms with Gasteiger partial charge in [-0.1, -0.05) is 0 Å². The van der Waals surface area contributed by atoms with Crippen molar-refractivity contribution in [3.05, 3.63) is 77.9 Å². The molecule has 0 atom stereocenters. The molecule has 0 radical (unpaired) electrons. The zero-order valence-electron chi connectivity index (χ0n) is 16.1. The molecule has 7 nitrogen and oxygen atoms in total. The molecule has 7 heteroatoms. The first kappa shape index (κ1) is 19.8. The van der Waals surface area contributed by atoms with Crippen molar-refractivity contribution in [1.82, 2.24) is 0 Å². The van der Waals surface area contributed by atoms with Crippen LogP contribution in [-0.2, 0) is 0 Å². The van der Waals surface area contributed by atoms with Gasteiger partial charge >= 0.3 is 0 Å². The van der Waals surface area contributed by atoms with Gasteiger partial charge < -0.3 is 25.8 Å². The highest BCUT2D eigenvalue weighted by atomic mass is 16.5. The molecular formula is C22H21N3O4. The minimum Gasteiger partial charge on any atom is -0.497 e. The number of methoxy groups -OCH3 is 2. The van der Waals surface area contributed by atoms with Crippen LogP contribution in [0.5, 0.6) is 11.5 Å². The van der Waals surface area contributed by atoms with Gasteiger partial charge in [-0.15, -0.1) is 0 Å². The molecule has 0 aliphatic heterocycles. The number of ether oxygens (including phenoxy) is 2. The van der Waals surface area contributed by atoms with Gasteiger partial charge in [-0.3, -0.25) is 9.59 Å². The lowest BCUT2D eigenvalue weighted by Crippen LogP contribution is -2.14. The number of nitrogens with two attached hydrogens (primary N) is 1. The molecule has 0 unspecified atom stereocenters. The summed E-state index contributed by atoms with van der Waals surface area (Å²) in [6, 6.07) is 18.4. The van der Waals surface area contributed by atoms with Gasteiger partial charge in [0.2, 0.25) is 0 Å². The van der Waals surface area contributed by atoms with Gasteiger partial charge in [0.05, 0.1) is 25.6 Å². The Morgan fingerprint density at radius 1 is 0.724 bits per heavy atom. The Morgan fingerprint density at radius 2 is 1.21 bits per heavy atom. The summed E-state index contributed by atoms with van der Waals surface area (Å²) in [5.41, 5.74) is 8.31. The molecule has 0 fully saturated rings. The third-order valence-electron chi connectivity index (χ3n) is 4.26. The van der Waals surface area contributed by atoms with Gasteiger partial charge in [0.1, 0.15) is 11.5 Å². The van der Waals surface area contributed by atoms with Crippen molar-refractivity contribution in [2.75, 3.05) is 30.6 Å². The zero-order valence-corrected chi connectivity index (χ0v) is 16.1. The van der Waals surface area contributed by atoms with Gasteiger partial charge in [-0.05, 0) is 66.7 Å². The Balaban J connectivity index is 1.67. The second kappa shape index (κ2) is 8.79. The van der Waals surface area contributed by atoms with Crippen LogP contribution in [0, 0.1) is 0 Å². The van der Waals surface area contributed by atoms with E-state index in [1.54, 1.807) is 80.9 Å². The van der Waals surface area contributed by atoms with E-state index in [1.165, 1.54) is 0 Å². The van der Waals surface area contributed by atoms with Gasteiger partial charge in [-0.25, -0.2) is 0 Å². The van der Waals surface area contributed by atoms with Gasteiger partial charge in [-0.2, -0.15) is 0 Å². The summed E-state index contributed by atoms with van der Waals surface area (Å²) in [7, 11) is 3.12. The summed E-state index contributed by atoms with van der Waals surface area (Å²) in [4.78, 5) is 24.7. The number of carbonyl (C=O) groups is 2. The summed E-state index contributed by atoms with van der Waals surface area (Å²) in [6.07, 6.45) is 0. The molecule has 3 rings (SSSR count). The molecule has 0 saturated carbocycles. The fraction of sp³-hybridized carbons (Fsp3) is 0.0909. The van der Waals surface area contributed by atoms with E-state index in [4.69, 9.17) is 15.2 Å². The van der Waals surface area contributed by atoms with Crippen LogP contribution in [0.2, 0.25) is 0 Å². The lowest BCUT2D eigenvalue weighted by molar-refractivity contribution is 0.101. The third kappa shape index (κ3) is 4.84. The fourth-order valence-corrected chi connectivity index (χ4v) is 2.64. The van der Waals surface area contributed by atoms with Crippen molar-refractivity contribution < 1.29 is 19.1 Å². The second-order valence-electron chi connectivity index (χ2n) is 6.17. The molecule has 4 N–H and O–H groups in total. The van der Waals surface area contributed by atoms with E-state index < -0.39 is 0 Å². The van der Waals surface area contributed by atoms with Crippen molar-refractivity contribution in [3.63, 3.8) is 0 Å².